The van der Waals surface area contributed by atoms with E-state index in [0.29, 0.717) is 21.9 Å². The second-order valence-corrected chi connectivity index (χ2v) is 14.1. The number of nitrogens with one attached hydrogen (secondary N) is 3. The molecule has 0 saturated carbocycles. The van der Waals surface area contributed by atoms with Crippen LogP contribution in [0.2, 0.25) is 5.02 Å². The molecule has 12 heteroatoms. The normalized spacial score (nSPS) is 17.3. The molecule has 42 heavy (non-hydrogen) atoms. The number of amides is 1. The van der Waals surface area contributed by atoms with Crippen LogP contribution in [0.4, 0.5) is 0 Å². The number of rotatable bonds is 8. The van der Waals surface area contributed by atoms with E-state index in [0.717, 1.165) is 22.2 Å². The highest BCUT2D eigenvalue weighted by molar-refractivity contribution is 7.90. The standard InChI is InChI=1S/C30H25ClN4O5S2/c31-23-13-9-20(10-14-23)21-11-15-24(16-12-21)41(37,38)34-27(30-32-25-3-1-2-4-26(25)33-30)17-19-5-7-22(8-6-19)28-18-29(36)35-42(28,39)40/h1-16,27-28,34H,17-18H2,(H,32,33)(H,35,36). The molecule has 9 nitrogen and oxygen atoms in total. The summed E-state index contributed by atoms with van der Waals surface area (Å²) in [5.74, 6) is -0.0977. The summed E-state index contributed by atoms with van der Waals surface area (Å²) < 4.78 is 56.5. The molecule has 0 aliphatic carbocycles. The van der Waals surface area contributed by atoms with E-state index < -0.39 is 37.2 Å². The highest BCUT2D eigenvalue weighted by atomic mass is 35.5. The lowest BCUT2D eigenvalue weighted by Crippen LogP contribution is -2.31. The fourth-order valence-electron chi connectivity index (χ4n) is 5.01. The zero-order valence-corrected chi connectivity index (χ0v) is 24.4. The van der Waals surface area contributed by atoms with Gasteiger partial charge >= 0.3 is 0 Å². The molecule has 1 aromatic heterocycles. The van der Waals surface area contributed by atoms with E-state index in [1.807, 2.05) is 41.1 Å². The first-order valence-electron chi connectivity index (χ1n) is 13.0. The van der Waals surface area contributed by atoms with Crippen molar-refractivity contribution in [3.8, 4) is 11.1 Å². The molecule has 1 amide bonds. The van der Waals surface area contributed by atoms with Crippen molar-refractivity contribution < 1.29 is 21.6 Å². The molecule has 3 N–H and O–H groups in total. The van der Waals surface area contributed by atoms with E-state index in [1.165, 1.54) is 0 Å². The number of aromatic nitrogens is 2. The van der Waals surface area contributed by atoms with Crippen LogP contribution in [0.1, 0.15) is 34.7 Å². The molecule has 1 aliphatic heterocycles. The predicted octanol–water partition coefficient (Wildman–Crippen LogP) is 5.04. The highest BCUT2D eigenvalue weighted by Gasteiger charge is 2.37. The minimum atomic E-state index is -3.97. The van der Waals surface area contributed by atoms with Gasteiger partial charge in [0, 0.05) is 5.02 Å². The number of nitrogens with zero attached hydrogens (tertiary/aromatic N) is 1. The third-order valence-electron chi connectivity index (χ3n) is 7.17. The first-order valence-corrected chi connectivity index (χ1v) is 16.4. The van der Waals surface area contributed by atoms with Gasteiger partial charge in [-0.1, -0.05) is 72.3 Å². The van der Waals surface area contributed by atoms with Crippen LogP contribution in [0.3, 0.4) is 0 Å². The number of sulfonamides is 2. The minimum Gasteiger partial charge on any atom is -0.341 e. The first kappa shape index (κ1) is 28.1. The molecule has 2 unspecified atom stereocenters. The van der Waals surface area contributed by atoms with Crippen LogP contribution in [0.25, 0.3) is 22.2 Å². The third kappa shape index (κ3) is 5.82. The van der Waals surface area contributed by atoms with E-state index in [9.17, 15) is 21.6 Å². The van der Waals surface area contributed by atoms with Gasteiger partial charge in [-0.15, -0.1) is 0 Å². The number of para-hydroxylation sites is 2. The lowest BCUT2D eigenvalue weighted by Gasteiger charge is -2.18. The summed E-state index contributed by atoms with van der Waals surface area (Å²) >= 11 is 5.99. The molecular formula is C30H25ClN4O5S2. The van der Waals surface area contributed by atoms with Gasteiger partial charge in [0.25, 0.3) is 0 Å². The lowest BCUT2D eigenvalue weighted by molar-refractivity contribution is -0.118. The molecule has 1 aliphatic rings. The fraction of sp³-hybridized carbons (Fsp3) is 0.133. The Morgan fingerprint density at radius 3 is 2.17 bits per heavy atom. The van der Waals surface area contributed by atoms with Gasteiger partial charge in [0.15, 0.2) is 0 Å². The zero-order chi connectivity index (χ0) is 29.5. The van der Waals surface area contributed by atoms with E-state index >= 15 is 0 Å². The van der Waals surface area contributed by atoms with Crippen molar-refractivity contribution in [1.29, 1.82) is 0 Å². The Morgan fingerprint density at radius 1 is 0.905 bits per heavy atom. The quantitative estimate of drug-likeness (QED) is 0.222. The van der Waals surface area contributed by atoms with Crippen molar-refractivity contribution in [1.82, 2.24) is 19.4 Å². The van der Waals surface area contributed by atoms with Gasteiger partial charge in [0.05, 0.1) is 28.4 Å². The molecule has 2 atom stereocenters. The van der Waals surface area contributed by atoms with Gasteiger partial charge in [-0.3, -0.25) is 9.52 Å². The van der Waals surface area contributed by atoms with E-state index in [-0.39, 0.29) is 17.7 Å². The van der Waals surface area contributed by atoms with Crippen LogP contribution in [-0.4, -0.2) is 32.7 Å². The molecule has 0 bridgehead atoms. The molecular weight excluding hydrogens is 596 g/mol. The van der Waals surface area contributed by atoms with Gasteiger partial charge in [0.1, 0.15) is 11.1 Å². The summed E-state index contributed by atoms with van der Waals surface area (Å²) in [6, 6.07) is 27.3. The molecule has 1 saturated heterocycles. The molecule has 5 aromatic rings. The highest BCUT2D eigenvalue weighted by Crippen LogP contribution is 2.31. The van der Waals surface area contributed by atoms with E-state index in [1.54, 1.807) is 60.7 Å². The monoisotopic (exact) mass is 620 g/mol. The minimum absolute atomic E-state index is 0.0975. The van der Waals surface area contributed by atoms with Gasteiger partial charge in [-0.05, 0) is 65.1 Å². The second kappa shape index (κ2) is 11.0. The number of H-pyrrole nitrogens is 1. The van der Waals surface area contributed by atoms with E-state index in [2.05, 4.69) is 14.7 Å². The van der Waals surface area contributed by atoms with Crippen molar-refractivity contribution in [3.63, 3.8) is 0 Å². The molecule has 0 radical (unpaired) electrons. The summed E-state index contributed by atoms with van der Waals surface area (Å²) in [6.45, 7) is 0. The predicted molar refractivity (Wildman–Crippen MR) is 161 cm³/mol. The van der Waals surface area contributed by atoms with Crippen LogP contribution in [0, 0.1) is 0 Å². The molecule has 214 valence electrons. The fourth-order valence-corrected chi connectivity index (χ4v) is 7.76. The molecule has 2 heterocycles. The third-order valence-corrected chi connectivity index (χ3v) is 10.6. The van der Waals surface area contributed by atoms with Crippen LogP contribution in [0.5, 0.6) is 0 Å². The summed E-state index contributed by atoms with van der Waals surface area (Å²) in [7, 11) is -7.74. The van der Waals surface area contributed by atoms with Crippen molar-refractivity contribution in [3.05, 3.63) is 119 Å². The Bertz CT molecular complexity index is 1960. The molecule has 4 aromatic carbocycles. The smallest absolute Gasteiger partial charge is 0.242 e. The first-order chi connectivity index (χ1) is 20.1. The number of halogens is 1. The van der Waals surface area contributed by atoms with Crippen LogP contribution in [0.15, 0.2) is 102 Å². The topological polar surface area (TPSA) is 138 Å². The summed E-state index contributed by atoms with van der Waals surface area (Å²) in [4.78, 5) is 19.6. The Morgan fingerprint density at radius 2 is 1.55 bits per heavy atom. The number of fused-ring (bicyclic) bond motifs is 1. The molecule has 6 rings (SSSR count). The van der Waals surface area contributed by atoms with Gasteiger partial charge < -0.3 is 4.98 Å². The summed E-state index contributed by atoms with van der Waals surface area (Å²) in [5.41, 5.74) is 4.45. The summed E-state index contributed by atoms with van der Waals surface area (Å²) in [6.07, 6.45) is 0.0939. The number of imidazole rings is 1. The Balaban J connectivity index is 1.28. The largest absolute Gasteiger partial charge is 0.341 e. The van der Waals surface area contributed by atoms with Crippen molar-refractivity contribution >= 4 is 48.6 Å². The number of benzene rings is 4. The van der Waals surface area contributed by atoms with Gasteiger partial charge in [-0.2, -0.15) is 0 Å². The summed E-state index contributed by atoms with van der Waals surface area (Å²) in [5, 5.41) is -0.344. The van der Waals surface area contributed by atoms with Gasteiger partial charge in [0.2, 0.25) is 26.0 Å². The van der Waals surface area contributed by atoms with Crippen molar-refractivity contribution in [2.45, 2.75) is 29.0 Å². The van der Waals surface area contributed by atoms with E-state index in [4.69, 9.17) is 11.6 Å². The maximum atomic E-state index is 13.6. The van der Waals surface area contributed by atoms with Crippen LogP contribution < -0.4 is 9.44 Å². The zero-order valence-electron chi connectivity index (χ0n) is 22.0. The van der Waals surface area contributed by atoms with Crippen molar-refractivity contribution in [2.75, 3.05) is 0 Å². The lowest BCUT2D eigenvalue weighted by atomic mass is 10.0. The van der Waals surface area contributed by atoms with Crippen LogP contribution >= 0.6 is 11.6 Å². The average molecular weight is 621 g/mol. The number of carbonyl (C=O) groups is 1. The Hall–Kier alpha value is -4.03. The number of aromatic amines is 1. The number of carbonyl (C=O) groups excluding carboxylic acids is 1. The van der Waals surface area contributed by atoms with Crippen molar-refractivity contribution in [2.24, 2.45) is 0 Å². The maximum absolute atomic E-state index is 13.6. The number of hydrogen-bond acceptors (Lipinski definition) is 6. The Labute approximate surface area is 248 Å². The molecule has 1 fully saturated rings. The average Bonchev–Trinajstić information content (AvgIpc) is 3.52. The SMILES string of the molecule is O=C1CC(c2ccc(CC(NS(=O)(=O)c3ccc(-c4ccc(Cl)cc4)cc3)c3nc4ccccc4[nH]3)cc2)S(=O)(=O)N1. The Kier molecular flexibility index (Phi) is 7.36. The number of hydrogen-bond donors (Lipinski definition) is 3. The maximum Gasteiger partial charge on any atom is 0.242 e. The van der Waals surface area contributed by atoms with Gasteiger partial charge in [-0.25, -0.2) is 26.5 Å². The second-order valence-electron chi connectivity index (χ2n) is 10.1. The molecule has 0 spiro atoms. The van der Waals surface area contributed by atoms with Crippen LogP contribution in [-0.2, 0) is 31.3 Å².